The SMILES string of the molecule is C#CCOc1cc(OCC2=CC(c3ccc(C(F)(F)F)cc3)=CCC2)ccc1/C=C/C(=O)OC. The fraction of sp³-hybridized carbons (Fsp3) is 0.222. The zero-order valence-electron chi connectivity index (χ0n) is 18.5. The van der Waals surface area contributed by atoms with Crippen LogP contribution in [0.1, 0.15) is 29.5 Å². The molecule has 0 aromatic heterocycles. The molecule has 0 N–H and O–H groups in total. The maximum atomic E-state index is 12.8. The molecule has 2 aromatic carbocycles. The monoisotopic (exact) mass is 468 g/mol. The van der Waals surface area contributed by atoms with E-state index in [2.05, 4.69) is 10.7 Å². The molecule has 176 valence electrons. The standard InChI is InChI=1S/C27H23F3O4/c1-3-15-33-25-17-24(13-9-21(25)10-14-26(31)32-2)34-18-19-5-4-6-22(16-19)20-7-11-23(12-8-20)27(28,29)30/h1,6-14,16-17H,4-5,15,18H2,2H3/b14-10+. The van der Waals surface area contributed by atoms with Gasteiger partial charge in [-0.15, -0.1) is 6.42 Å². The van der Waals surface area contributed by atoms with Gasteiger partial charge >= 0.3 is 12.1 Å². The van der Waals surface area contributed by atoms with E-state index in [-0.39, 0.29) is 6.61 Å². The van der Waals surface area contributed by atoms with Crippen LogP contribution < -0.4 is 9.47 Å². The fourth-order valence-electron chi connectivity index (χ4n) is 3.32. The quantitative estimate of drug-likeness (QED) is 0.267. The van der Waals surface area contributed by atoms with Crippen molar-refractivity contribution in [2.24, 2.45) is 0 Å². The Hall–Kier alpha value is -3.92. The predicted octanol–water partition coefficient (Wildman–Crippen LogP) is 6.09. The van der Waals surface area contributed by atoms with Crippen molar-refractivity contribution in [3.8, 4) is 23.8 Å². The zero-order chi connectivity index (χ0) is 24.6. The van der Waals surface area contributed by atoms with Crippen molar-refractivity contribution in [1.29, 1.82) is 0 Å². The first-order chi connectivity index (χ1) is 16.3. The molecule has 0 aliphatic heterocycles. The Morgan fingerprint density at radius 3 is 2.59 bits per heavy atom. The van der Waals surface area contributed by atoms with Crippen molar-refractivity contribution in [2.45, 2.75) is 19.0 Å². The number of hydrogen-bond donors (Lipinski definition) is 0. The Morgan fingerprint density at radius 1 is 1.15 bits per heavy atom. The highest BCUT2D eigenvalue weighted by Crippen LogP contribution is 2.32. The molecule has 1 aliphatic carbocycles. The Balaban J connectivity index is 1.71. The summed E-state index contributed by atoms with van der Waals surface area (Å²) in [5, 5.41) is 0. The van der Waals surface area contributed by atoms with Gasteiger partial charge in [0.2, 0.25) is 0 Å². The molecule has 0 spiro atoms. The zero-order valence-corrected chi connectivity index (χ0v) is 18.5. The van der Waals surface area contributed by atoms with Crippen LogP contribution in [0.25, 0.3) is 11.6 Å². The number of methoxy groups -OCH3 is 1. The lowest BCUT2D eigenvalue weighted by molar-refractivity contribution is -0.137. The number of halogens is 3. The molecule has 0 bridgehead atoms. The Morgan fingerprint density at radius 2 is 1.91 bits per heavy atom. The van der Waals surface area contributed by atoms with Crippen LogP contribution in [0.2, 0.25) is 0 Å². The lowest BCUT2D eigenvalue weighted by atomic mass is 9.94. The minimum absolute atomic E-state index is 0.0505. The molecule has 0 radical (unpaired) electrons. The first-order valence-electron chi connectivity index (χ1n) is 10.5. The molecule has 7 heteroatoms. The number of carbonyl (C=O) groups is 1. The van der Waals surface area contributed by atoms with Gasteiger partial charge < -0.3 is 14.2 Å². The van der Waals surface area contributed by atoms with Gasteiger partial charge in [0.25, 0.3) is 0 Å². The minimum Gasteiger partial charge on any atom is -0.489 e. The second-order valence-corrected chi connectivity index (χ2v) is 7.41. The van der Waals surface area contributed by atoms with E-state index in [1.165, 1.54) is 25.3 Å². The van der Waals surface area contributed by atoms with Gasteiger partial charge in [-0.2, -0.15) is 13.2 Å². The molecule has 34 heavy (non-hydrogen) atoms. The van der Waals surface area contributed by atoms with Crippen LogP contribution in [0, 0.1) is 12.3 Å². The number of alkyl halides is 3. The third kappa shape index (κ3) is 6.79. The molecular formula is C27H23F3O4. The van der Waals surface area contributed by atoms with Gasteiger partial charge in [-0.3, -0.25) is 0 Å². The fourth-order valence-corrected chi connectivity index (χ4v) is 3.32. The topological polar surface area (TPSA) is 44.8 Å². The number of rotatable bonds is 8. The van der Waals surface area contributed by atoms with Crippen molar-refractivity contribution in [2.75, 3.05) is 20.3 Å². The molecular weight excluding hydrogens is 445 g/mol. The van der Waals surface area contributed by atoms with Gasteiger partial charge in [0.1, 0.15) is 24.7 Å². The first-order valence-corrected chi connectivity index (χ1v) is 10.5. The molecule has 1 aliphatic rings. The predicted molar refractivity (Wildman–Crippen MR) is 124 cm³/mol. The molecule has 0 unspecified atom stereocenters. The third-order valence-corrected chi connectivity index (χ3v) is 5.06. The average Bonchev–Trinajstić information content (AvgIpc) is 2.85. The van der Waals surface area contributed by atoms with E-state index in [1.54, 1.807) is 24.3 Å². The van der Waals surface area contributed by atoms with Crippen molar-refractivity contribution in [1.82, 2.24) is 0 Å². The van der Waals surface area contributed by atoms with Gasteiger partial charge in [-0.1, -0.05) is 30.2 Å². The van der Waals surface area contributed by atoms with E-state index in [0.29, 0.717) is 23.7 Å². The number of benzene rings is 2. The number of esters is 1. The highest BCUT2D eigenvalue weighted by Gasteiger charge is 2.30. The maximum Gasteiger partial charge on any atom is 0.416 e. The number of allylic oxidation sites excluding steroid dienone is 3. The van der Waals surface area contributed by atoms with Crippen molar-refractivity contribution < 1.29 is 32.2 Å². The van der Waals surface area contributed by atoms with Crippen LogP contribution in [-0.4, -0.2) is 26.3 Å². The maximum absolute atomic E-state index is 12.8. The first kappa shape index (κ1) is 24.7. The number of hydrogen-bond acceptors (Lipinski definition) is 4. The van der Waals surface area contributed by atoms with Crippen LogP contribution in [0.4, 0.5) is 13.2 Å². The summed E-state index contributed by atoms with van der Waals surface area (Å²) < 4.78 is 54.5. The molecule has 0 fully saturated rings. The molecule has 0 atom stereocenters. The largest absolute Gasteiger partial charge is 0.489 e. The third-order valence-electron chi connectivity index (χ3n) is 5.06. The highest BCUT2D eigenvalue weighted by molar-refractivity contribution is 5.87. The lowest BCUT2D eigenvalue weighted by Crippen LogP contribution is -2.06. The van der Waals surface area contributed by atoms with E-state index in [4.69, 9.17) is 15.9 Å². The summed E-state index contributed by atoms with van der Waals surface area (Å²) in [7, 11) is 1.29. The van der Waals surface area contributed by atoms with Gasteiger partial charge in [-0.05, 0) is 59.9 Å². The van der Waals surface area contributed by atoms with Crippen molar-refractivity contribution in [3.63, 3.8) is 0 Å². The summed E-state index contributed by atoms with van der Waals surface area (Å²) >= 11 is 0. The van der Waals surface area contributed by atoms with E-state index in [1.807, 2.05) is 12.2 Å². The Bertz CT molecular complexity index is 1150. The van der Waals surface area contributed by atoms with E-state index in [0.717, 1.165) is 41.7 Å². The molecule has 0 saturated heterocycles. The van der Waals surface area contributed by atoms with Gasteiger partial charge in [0.15, 0.2) is 0 Å². The number of carbonyl (C=O) groups excluding carboxylic acids is 1. The highest BCUT2D eigenvalue weighted by atomic mass is 19.4. The van der Waals surface area contributed by atoms with Gasteiger partial charge in [0.05, 0.1) is 12.7 Å². The molecule has 0 heterocycles. The second kappa shape index (κ2) is 11.3. The van der Waals surface area contributed by atoms with Crippen molar-refractivity contribution >= 4 is 17.6 Å². The van der Waals surface area contributed by atoms with E-state index in [9.17, 15) is 18.0 Å². The summed E-state index contributed by atoms with van der Waals surface area (Å²) in [6.45, 7) is 0.360. The van der Waals surface area contributed by atoms with E-state index >= 15 is 0 Å². The summed E-state index contributed by atoms with van der Waals surface area (Å²) in [5.41, 5.74) is 2.56. The normalized spacial score (nSPS) is 13.6. The molecule has 4 nitrogen and oxygen atoms in total. The van der Waals surface area contributed by atoms with Crippen LogP contribution >= 0.6 is 0 Å². The average molecular weight is 468 g/mol. The molecule has 0 saturated carbocycles. The Kier molecular flexibility index (Phi) is 8.20. The van der Waals surface area contributed by atoms with E-state index < -0.39 is 17.7 Å². The Labute approximate surface area is 196 Å². The smallest absolute Gasteiger partial charge is 0.416 e. The van der Waals surface area contributed by atoms with Crippen LogP contribution in [0.15, 0.2) is 66.3 Å². The molecule has 2 aromatic rings. The summed E-state index contributed by atoms with van der Waals surface area (Å²) in [4.78, 5) is 11.4. The van der Waals surface area contributed by atoms with Gasteiger partial charge in [0, 0.05) is 17.7 Å². The van der Waals surface area contributed by atoms with Crippen molar-refractivity contribution in [3.05, 3.63) is 83.0 Å². The molecule has 0 amide bonds. The second-order valence-electron chi connectivity index (χ2n) is 7.41. The summed E-state index contributed by atoms with van der Waals surface area (Å²) in [5.74, 6) is 2.91. The molecule has 3 rings (SSSR count). The summed E-state index contributed by atoms with van der Waals surface area (Å²) in [6, 6.07) is 10.3. The minimum atomic E-state index is -4.36. The summed E-state index contributed by atoms with van der Waals surface area (Å²) in [6.07, 6.45) is 9.25. The van der Waals surface area contributed by atoms with Crippen LogP contribution in [0.3, 0.4) is 0 Å². The number of ether oxygens (including phenoxy) is 3. The van der Waals surface area contributed by atoms with Gasteiger partial charge in [-0.25, -0.2) is 4.79 Å². The lowest BCUT2D eigenvalue weighted by Gasteiger charge is -2.16. The van der Waals surface area contributed by atoms with Crippen LogP contribution in [-0.2, 0) is 15.7 Å². The van der Waals surface area contributed by atoms with Crippen LogP contribution in [0.5, 0.6) is 11.5 Å². The number of terminal acetylenes is 1.